The highest BCUT2D eigenvalue weighted by molar-refractivity contribution is 5.92. The minimum absolute atomic E-state index is 0.00765. The summed E-state index contributed by atoms with van der Waals surface area (Å²) in [4.78, 5) is 19.3. The molecule has 28 heavy (non-hydrogen) atoms. The minimum Gasteiger partial charge on any atom is -0.478 e. The van der Waals surface area contributed by atoms with Crippen LogP contribution in [0.15, 0.2) is 60.9 Å². The number of pyridine rings is 2. The van der Waals surface area contributed by atoms with Crippen molar-refractivity contribution in [2.24, 2.45) is 0 Å². The third kappa shape index (κ3) is 4.56. The Morgan fingerprint density at radius 1 is 1.07 bits per heavy atom. The highest BCUT2D eigenvalue weighted by atomic mass is 19.4. The van der Waals surface area contributed by atoms with Gasteiger partial charge >= 0.3 is 12.1 Å². The molecular formula is C19H14F3N3O3. The Hall–Kier alpha value is -3.62. The zero-order valence-electron chi connectivity index (χ0n) is 14.3. The number of nitrogens with zero attached hydrogens (tertiary/aromatic N) is 2. The van der Waals surface area contributed by atoms with E-state index in [4.69, 9.17) is 4.74 Å². The van der Waals surface area contributed by atoms with E-state index in [0.717, 1.165) is 12.1 Å². The Kier molecular flexibility index (Phi) is 5.44. The van der Waals surface area contributed by atoms with Gasteiger partial charge in [-0.3, -0.25) is 0 Å². The number of nitrogens with one attached hydrogen (secondary N) is 1. The van der Waals surface area contributed by atoms with E-state index in [1.807, 2.05) is 0 Å². The third-order valence-corrected chi connectivity index (χ3v) is 3.71. The zero-order chi connectivity index (χ0) is 20.1. The predicted molar refractivity (Wildman–Crippen MR) is 94.3 cm³/mol. The molecule has 0 saturated carbocycles. The number of hydrogen-bond acceptors (Lipinski definition) is 5. The first-order valence-electron chi connectivity index (χ1n) is 8.06. The molecule has 0 fully saturated rings. The van der Waals surface area contributed by atoms with Crippen molar-refractivity contribution in [1.29, 1.82) is 0 Å². The van der Waals surface area contributed by atoms with Gasteiger partial charge in [0.1, 0.15) is 17.1 Å². The van der Waals surface area contributed by atoms with Crippen LogP contribution in [0.3, 0.4) is 0 Å². The van der Waals surface area contributed by atoms with Crippen molar-refractivity contribution < 1.29 is 27.8 Å². The van der Waals surface area contributed by atoms with Crippen molar-refractivity contribution in [3.05, 3.63) is 77.6 Å². The van der Waals surface area contributed by atoms with Gasteiger partial charge in [0.25, 0.3) is 0 Å². The summed E-state index contributed by atoms with van der Waals surface area (Å²) in [7, 11) is 0. The van der Waals surface area contributed by atoms with Crippen molar-refractivity contribution in [3.63, 3.8) is 0 Å². The fraction of sp³-hybridized carbons (Fsp3) is 0.105. The molecule has 0 aliphatic carbocycles. The molecule has 0 amide bonds. The Morgan fingerprint density at radius 2 is 1.82 bits per heavy atom. The lowest BCUT2D eigenvalue weighted by molar-refractivity contribution is -0.137. The van der Waals surface area contributed by atoms with Crippen LogP contribution in [0.4, 0.5) is 19.0 Å². The second kappa shape index (κ2) is 7.95. The average molecular weight is 389 g/mol. The molecule has 3 rings (SSSR count). The van der Waals surface area contributed by atoms with E-state index < -0.39 is 17.7 Å². The fourth-order valence-electron chi connectivity index (χ4n) is 2.40. The molecule has 9 heteroatoms. The maximum atomic E-state index is 12.9. The normalized spacial score (nSPS) is 11.1. The van der Waals surface area contributed by atoms with Gasteiger partial charge in [0.15, 0.2) is 0 Å². The van der Waals surface area contributed by atoms with E-state index in [1.54, 1.807) is 12.1 Å². The Morgan fingerprint density at radius 3 is 2.57 bits per heavy atom. The SMILES string of the molecule is O=C(O)c1cccnc1NCc1cccnc1Oc1cccc(C(F)(F)F)c1. The standard InChI is InChI=1S/C19H14F3N3O3/c20-19(21,22)13-5-1-6-14(10-13)28-17-12(4-2-9-24-17)11-25-16-15(18(26)27)7-3-8-23-16/h1-10H,11H2,(H,23,25)(H,26,27). The minimum atomic E-state index is -4.49. The van der Waals surface area contributed by atoms with Crippen LogP contribution in [-0.2, 0) is 12.7 Å². The molecule has 144 valence electrons. The molecule has 0 aliphatic rings. The smallest absolute Gasteiger partial charge is 0.416 e. The first-order valence-corrected chi connectivity index (χ1v) is 8.06. The molecule has 6 nitrogen and oxygen atoms in total. The number of carboxylic acid groups (broad SMARTS) is 1. The second-order valence-electron chi connectivity index (χ2n) is 5.65. The van der Waals surface area contributed by atoms with Crippen LogP contribution < -0.4 is 10.1 Å². The van der Waals surface area contributed by atoms with Gasteiger partial charge in [0.05, 0.1) is 5.56 Å². The molecule has 0 spiro atoms. The molecule has 3 aromatic rings. The molecule has 2 N–H and O–H groups in total. The summed E-state index contributed by atoms with van der Waals surface area (Å²) in [5.41, 5.74) is -0.325. The van der Waals surface area contributed by atoms with E-state index in [0.29, 0.717) is 5.56 Å². The third-order valence-electron chi connectivity index (χ3n) is 3.71. The highest BCUT2D eigenvalue weighted by Gasteiger charge is 2.30. The fourth-order valence-corrected chi connectivity index (χ4v) is 2.40. The Labute approximate surface area is 157 Å². The molecule has 0 bridgehead atoms. The number of anilines is 1. The van der Waals surface area contributed by atoms with Crippen LogP contribution in [-0.4, -0.2) is 21.0 Å². The maximum absolute atomic E-state index is 12.9. The zero-order valence-corrected chi connectivity index (χ0v) is 14.3. The van der Waals surface area contributed by atoms with Gasteiger partial charge in [0.2, 0.25) is 5.88 Å². The van der Waals surface area contributed by atoms with E-state index in [9.17, 15) is 23.1 Å². The number of alkyl halides is 3. The number of ether oxygens (including phenoxy) is 1. The molecule has 0 aliphatic heterocycles. The molecular weight excluding hydrogens is 375 g/mol. The number of carboxylic acids is 1. The summed E-state index contributed by atoms with van der Waals surface area (Å²) in [6, 6.07) is 10.7. The van der Waals surface area contributed by atoms with Crippen LogP contribution in [0.1, 0.15) is 21.5 Å². The van der Waals surface area contributed by atoms with Crippen LogP contribution in [0.25, 0.3) is 0 Å². The van der Waals surface area contributed by atoms with Gasteiger partial charge in [-0.25, -0.2) is 14.8 Å². The molecule has 1 aromatic carbocycles. The number of halogens is 3. The molecule has 2 heterocycles. The number of carbonyl (C=O) groups is 1. The quantitative estimate of drug-likeness (QED) is 0.641. The lowest BCUT2D eigenvalue weighted by Crippen LogP contribution is -2.09. The van der Waals surface area contributed by atoms with Crippen molar-refractivity contribution in [3.8, 4) is 11.6 Å². The average Bonchev–Trinajstić information content (AvgIpc) is 2.67. The monoisotopic (exact) mass is 389 g/mol. The van der Waals surface area contributed by atoms with E-state index >= 15 is 0 Å². The highest BCUT2D eigenvalue weighted by Crippen LogP contribution is 2.33. The Bertz CT molecular complexity index is 993. The summed E-state index contributed by atoms with van der Waals surface area (Å²) in [6.07, 6.45) is -1.60. The van der Waals surface area contributed by atoms with Gasteiger partial charge in [-0.05, 0) is 36.4 Å². The van der Waals surface area contributed by atoms with Gasteiger partial charge in [-0.15, -0.1) is 0 Å². The van der Waals surface area contributed by atoms with Crippen LogP contribution in [0, 0.1) is 0 Å². The van der Waals surface area contributed by atoms with E-state index in [2.05, 4.69) is 15.3 Å². The largest absolute Gasteiger partial charge is 0.478 e. The lowest BCUT2D eigenvalue weighted by atomic mass is 10.2. The van der Waals surface area contributed by atoms with Crippen molar-refractivity contribution >= 4 is 11.8 Å². The summed E-state index contributed by atoms with van der Waals surface area (Å²) in [5, 5.41) is 12.1. The first kappa shape index (κ1) is 19.2. The number of hydrogen-bond donors (Lipinski definition) is 2. The number of aromatic carboxylic acids is 1. The van der Waals surface area contributed by atoms with Crippen molar-refractivity contribution in [1.82, 2.24) is 9.97 Å². The van der Waals surface area contributed by atoms with Crippen molar-refractivity contribution in [2.75, 3.05) is 5.32 Å². The van der Waals surface area contributed by atoms with Crippen LogP contribution >= 0.6 is 0 Å². The Balaban J connectivity index is 1.80. The summed E-state index contributed by atoms with van der Waals surface area (Å²) in [5.74, 6) is -0.896. The van der Waals surface area contributed by atoms with Crippen molar-refractivity contribution in [2.45, 2.75) is 12.7 Å². The van der Waals surface area contributed by atoms with E-state index in [-0.39, 0.29) is 29.6 Å². The number of benzene rings is 1. The second-order valence-corrected chi connectivity index (χ2v) is 5.65. The van der Waals surface area contributed by atoms with Gasteiger partial charge in [0, 0.05) is 24.5 Å². The topological polar surface area (TPSA) is 84.3 Å². The summed E-state index contributed by atoms with van der Waals surface area (Å²) in [6.45, 7) is 0.111. The van der Waals surface area contributed by atoms with E-state index in [1.165, 1.54) is 36.7 Å². The first-order chi connectivity index (χ1) is 13.3. The molecule has 2 aromatic heterocycles. The van der Waals surface area contributed by atoms with Crippen LogP contribution in [0.2, 0.25) is 0 Å². The molecule has 0 radical (unpaired) electrons. The molecule has 0 atom stereocenters. The maximum Gasteiger partial charge on any atom is 0.416 e. The number of rotatable bonds is 6. The molecule has 0 unspecified atom stereocenters. The van der Waals surface area contributed by atoms with Gasteiger partial charge < -0.3 is 15.2 Å². The summed E-state index contributed by atoms with van der Waals surface area (Å²) >= 11 is 0. The van der Waals surface area contributed by atoms with Gasteiger partial charge in [-0.1, -0.05) is 12.1 Å². The van der Waals surface area contributed by atoms with Crippen LogP contribution in [0.5, 0.6) is 11.6 Å². The lowest BCUT2D eigenvalue weighted by Gasteiger charge is -2.13. The van der Waals surface area contributed by atoms with Gasteiger partial charge in [-0.2, -0.15) is 13.2 Å². The summed E-state index contributed by atoms with van der Waals surface area (Å²) < 4.78 is 44.1. The molecule has 0 saturated heterocycles. The number of aromatic nitrogens is 2. The predicted octanol–water partition coefficient (Wildman–Crippen LogP) is 4.60.